The van der Waals surface area contributed by atoms with E-state index in [4.69, 9.17) is 4.98 Å². The summed E-state index contributed by atoms with van der Waals surface area (Å²) in [6.07, 6.45) is 3.23. The van der Waals surface area contributed by atoms with Crippen LogP contribution in [0.3, 0.4) is 0 Å². The number of fused-ring (bicyclic) bond motifs is 1. The van der Waals surface area contributed by atoms with E-state index >= 15 is 0 Å². The number of amides is 1. The molecule has 178 valence electrons. The molecule has 0 bridgehead atoms. The minimum Gasteiger partial charge on any atom is -0.366 e. The number of nitro benzene ring substituents is 1. The summed E-state index contributed by atoms with van der Waals surface area (Å²) in [5, 5.41) is 12.8. The van der Waals surface area contributed by atoms with E-state index in [1.165, 1.54) is 21.9 Å². The smallest absolute Gasteiger partial charge is 0.293 e. The normalized spacial score (nSPS) is 16.8. The van der Waals surface area contributed by atoms with Gasteiger partial charge in [-0.1, -0.05) is 17.4 Å². The summed E-state index contributed by atoms with van der Waals surface area (Å²) in [7, 11) is 0. The Morgan fingerprint density at radius 1 is 0.971 bits per heavy atom. The SMILES string of the molecule is Cc1cc(C)c2nc(N3CCN(C(=O)c4ccc(N5CCCCC5)c([N+](=O)[O-])c4)CC3)sc2c1. The monoisotopic (exact) mass is 479 g/mol. The molecule has 9 heteroatoms. The van der Waals surface area contributed by atoms with Crippen LogP contribution in [-0.2, 0) is 0 Å². The van der Waals surface area contributed by atoms with E-state index in [0.717, 1.165) is 43.0 Å². The van der Waals surface area contributed by atoms with Crippen molar-refractivity contribution in [2.75, 3.05) is 49.1 Å². The molecule has 0 N–H and O–H groups in total. The van der Waals surface area contributed by atoms with Crippen molar-refractivity contribution < 1.29 is 9.72 Å². The van der Waals surface area contributed by atoms with Crippen molar-refractivity contribution in [3.8, 4) is 0 Å². The topological polar surface area (TPSA) is 82.8 Å². The fourth-order valence-electron chi connectivity index (χ4n) is 4.98. The first kappa shape index (κ1) is 22.6. The quantitative estimate of drug-likeness (QED) is 0.396. The summed E-state index contributed by atoms with van der Waals surface area (Å²) in [6.45, 7) is 8.34. The third-order valence-corrected chi connectivity index (χ3v) is 7.83. The molecule has 2 saturated heterocycles. The van der Waals surface area contributed by atoms with Crippen LogP contribution >= 0.6 is 11.3 Å². The van der Waals surface area contributed by atoms with E-state index in [1.807, 2.05) is 0 Å². The number of nitrogens with zero attached hydrogens (tertiary/aromatic N) is 5. The zero-order valence-corrected chi connectivity index (χ0v) is 20.4. The minimum absolute atomic E-state index is 0.0199. The third kappa shape index (κ3) is 4.32. The van der Waals surface area contributed by atoms with E-state index < -0.39 is 0 Å². The number of piperazine rings is 1. The number of benzene rings is 2. The second-order valence-electron chi connectivity index (χ2n) is 9.21. The maximum absolute atomic E-state index is 13.2. The summed E-state index contributed by atoms with van der Waals surface area (Å²) < 4.78 is 1.19. The lowest BCUT2D eigenvalue weighted by Crippen LogP contribution is -2.48. The number of nitro groups is 1. The highest BCUT2D eigenvalue weighted by molar-refractivity contribution is 7.22. The van der Waals surface area contributed by atoms with E-state index in [-0.39, 0.29) is 16.5 Å². The van der Waals surface area contributed by atoms with Crippen molar-refractivity contribution in [1.29, 1.82) is 0 Å². The van der Waals surface area contributed by atoms with Crippen molar-refractivity contribution in [2.45, 2.75) is 33.1 Å². The van der Waals surface area contributed by atoms with Crippen molar-refractivity contribution >= 4 is 44.0 Å². The number of hydrogen-bond acceptors (Lipinski definition) is 7. The minimum atomic E-state index is -0.366. The molecular formula is C25H29N5O3S. The maximum atomic E-state index is 13.2. The molecule has 34 heavy (non-hydrogen) atoms. The van der Waals surface area contributed by atoms with Crippen molar-refractivity contribution in [2.24, 2.45) is 0 Å². The molecule has 3 aromatic rings. The number of carbonyl (C=O) groups is 1. The number of rotatable bonds is 4. The summed E-state index contributed by atoms with van der Waals surface area (Å²) in [6, 6.07) is 9.27. The van der Waals surface area contributed by atoms with Crippen LogP contribution in [0.2, 0.25) is 0 Å². The first-order valence-electron chi connectivity index (χ1n) is 11.9. The highest BCUT2D eigenvalue weighted by Crippen LogP contribution is 2.33. The van der Waals surface area contributed by atoms with Gasteiger partial charge in [0.05, 0.1) is 15.1 Å². The molecule has 0 spiro atoms. The third-order valence-electron chi connectivity index (χ3n) is 6.77. The van der Waals surface area contributed by atoms with Gasteiger partial charge in [0.2, 0.25) is 0 Å². The Labute approximate surface area is 202 Å². The Morgan fingerprint density at radius 2 is 1.71 bits per heavy atom. The van der Waals surface area contributed by atoms with E-state index in [9.17, 15) is 14.9 Å². The average Bonchev–Trinajstić information content (AvgIpc) is 3.28. The fourth-order valence-corrected chi connectivity index (χ4v) is 6.18. The second-order valence-corrected chi connectivity index (χ2v) is 10.2. The summed E-state index contributed by atoms with van der Waals surface area (Å²) in [4.78, 5) is 35.5. The van der Waals surface area contributed by atoms with Crippen molar-refractivity contribution in [3.63, 3.8) is 0 Å². The molecule has 0 atom stereocenters. The molecule has 1 aromatic heterocycles. The van der Waals surface area contributed by atoms with Gasteiger partial charge >= 0.3 is 0 Å². The largest absolute Gasteiger partial charge is 0.366 e. The number of anilines is 2. The number of aromatic nitrogens is 1. The van der Waals surface area contributed by atoms with Gasteiger partial charge in [0, 0.05) is 50.9 Å². The highest BCUT2D eigenvalue weighted by Gasteiger charge is 2.27. The molecule has 0 aliphatic carbocycles. The molecule has 8 nitrogen and oxygen atoms in total. The molecule has 2 aromatic carbocycles. The Hall–Kier alpha value is -3.20. The van der Waals surface area contributed by atoms with Crippen LogP contribution in [0.1, 0.15) is 40.7 Å². The van der Waals surface area contributed by atoms with Gasteiger partial charge in [0.25, 0.3) is 11.6 Å². The van der Waals surface area contributed by atoms with Crippen molar-refractivity contribution in [3.05, 3.63) is 57.1 Å². The van der Waals surface area contributed by atoms with Crippen molar-refractivity contribution in [1.82, 2.24) is 9.88 Å². The Balaban J connectivity index is 1.29. The summed E-state index contributed by atoms with van der Waals surface area (Å²) in [5.74, 6) is -0.149. The second kappa shape index (κ2) is 9.21. The van der Waals surface area contributed by atoms with Crippen LogP contribution in [-0.4, -0.2) is 60.0 Å². The lowest BCUT2D eigenvalue weighted by atomic mass is 10.1. The fraction of sp³-hybridized carbons (Fsp3) is 0.440. The molecular weight excluding hydrogens is 450 g/mol. The number of hydrogen-bond donors (Lipinski definition) is 0. The van der Waals surface area contributed by atoms with Gasteiger partial charge in [-0.2, -0.15) is 0 Å². The average molecular weight is 480 g/mol. The first-order chi connectivity index (χ1) is 16.4. The number of thiazole rings is 1. The van der Waals surface area contributed by atoms with Crippen LogP contribution in [0, 0.1) is 24.0 Å². The van der Waals surface area contributed by atoms with E-state index in [0.29, 0.717) is 37.4 Å². The van der Waals surface area contributed by atoms with E-state index in [2.05, 4.69) is 35.8 Å². The highest BCUT2D eigenvalue weighted by atomic mass is 32.1. The number of aryl methyl sites for hydroxylation is 2. The van der Waals surface area contributed by atoms with Gasteiger partial charge in [0.15, 0.2) is 5.13 Å². The molecule has 1 amide bonds. The zero-order valence-electron chi connectivity index (χ0n) is 19.6. The lowest BCUT2D eigenvalue weighted by Gasteiger charge is -2.34. The predicted octanol–water partition coefficient (Wildman–Crippen LogP) is 4.77. The first-order valence-corrected chi connectivity index (χ1v) is 12.7. The number of piperidine rings is 1. The zero-order chi connectivity index (χ0) is 23.8. The van der Waals surface area contributed by atoms with Gasteiger partial charge in [-0.25, -0.2) is 4.98 Å². The Morgan fingerprint density at radius 3 is 2.41 bits per heavy atom. The molecule has 0 unspecified atom stereocenters. The molecule has 2 aliphatic heterocycles. The van der Waals surface area contributed by atoms with Gasteiger partial charge < -0.3 is 14.7 Å². The van der Waals surface area contributed by atoms with E-state index in [1.54, 1.807) is 28.4 Å². The van der Waals surface area contributed by atoms with Gasteiger partial charge in [-0.15, -0.1) is 0 Å². The van der Waals surface area contributed by atoms with Gasteiger partial charge in [0.1, 0.15) is 5.69 Å². The molecule has 2 fully saturated rings. The standard InChI is InChI=1S/C25H29N5O3S/c1-17-14-18(2)23-22(15-17)34-25(26-23)29-12-10-28(11-13-29)24(31)19-6-7-20(21(16-19)30(32)33)27-8-4-3-5-9-27/h6-7,14-16H,3-5,8-13H2,1-2H3. The van der Waals surface area contributed by atoms with Crippen LogP contribution in [0.25, 0.3) is 10.2 Å². The Kier molecular flexibility index (Phi) is 6.12. The van der Waals surface area contributed by atoms with Crippen LogP contribution in [0.15, 0.2) is 30.3 Å². The van der Waals surface area contributed by atoms with Gasteiger partial charge in [-0.3, -0.25) is 14.9 Å². The summed E-state index contributed by atoms with van der Waals surface area (Å²) in [5.41, 5.74) is 4.48. The molecule has 0 saturated carbocycles. The molecule has 0 radical (unpaired) electrons. The van der Waals surface area contributed by atoms with Crippen LogP contribution in [0.4, 0.5) is 16.5 Å². The molecule has 2 aliphatic rings. The van der Waals surface area contributed by atoms with Crippen LogP contribution in [0.5, 0.6) is 0 Å². The maximum Gasteiger partial charge on any atom is 0.293 e. The summed E-state index contributed by atoms with van der Waals surface area (Å²) >= 11 is 1.69. The molecule has 3 heterocycles. The lowest BCUT2D eigenvalue weighted by molar-refractivity contribution is -0.384. The predicted molar refractivity (Wildman–Crippen MR) is 136 cm³/mol. The van der Waals surface area contributed by atoms with Gasteiger partial charge in [-0.05, 0) is 62.4 Å². The van der Waals surface area contributed by atoms with Crippen LogP contribution < -0.4 is 9.80 Å². The molecule has 5 rings (SSSR count). The Bertz CT molecular complexity index is 1240. The number of carbonyl (C=O) groups excluding carboxylic acids is 1.